The van der Waals surface area contributed by atoms with Gasteiger partial charge in [-0.1, -0.05) is 31.5 Å². The molecule has 21 heavy (non-hydrogen) atoms. The molecule has 0 aromatic heterocycles. The summed E-state index contributed by atoms with van der Waals surface area (Å²) in [7, 11) is -3.72. The fourth-order valence-electron chi connectivity index (χ4n) is 2.00. The molecule has 1 heterocycles. The number of benzene rings is 1. The molecule has 5 nitrogen and oxygen atoms in total. The van der Waals surface area contributed by atoms with Crippen LogP contribution in [0.15, 0.2) is 29.2 Å². The molecule has 1 aliphatic rings. The lowest BCUT2D eigenvalue weighted by Gasteiger charge is -2.31. The van der Waals surface area contributed by atoms with E-state index in [1.54, 1.807) is 24.3 Å². The Bertz CT molecular complexity index is 542. The van der Waals surface area contributed by atoms with Crippen molar-refractivity contribution in [2.75, 3.05) is 19.8 Å². The Morgan fingerprint density at radius 3 is 2.29 bits per heavy atom. The highest BCUT2D eigenvalue weighted by atomic mass is 32.2. The van der Waals surface area contributed by atoms with Gasteiger partial charge in [0, 0.05) is 11.8 Å². The summed E-state index contributed by atoms with van der Waals surface area (Å²) in [6.07, 6.45) is -0.213. The quantitative estimate of drug-likeness (QED) is 0.781. The van der Waals surface area contributed by atoms with Gasteiger partial charge >= 0.3 is 0 Å². The highest BCUT2D eigenvalue weighted by Crippen LogP contribution is 2.19. The van der Waals surface area contributed by atoms with E-state index in [2.05, 4.69) is 0 Å². The lowest BCUT2D eigenvalue weighted by atomic mass is 10.1. The van der Waals surface area contributed by atoms with Gasteiger partial charge in [0.05, 0.1) is 24.7 Å². The van der Waals surface area contributed by atoms with Crippen molar-refractivity contribution in [2.24, 2.45) is 11.8 Å². The van der Waals surface area contributed by atoms with Gasteiger partial charge in [0.1, 0.15) is 0 Å². The van der Waals surface area contributed by atoms with E-state index in [4.69, 9.17) is 13.7 Å². The van der Waals surface area contributed by atoms with Crippen LogP contribution in [-0.2, 0) is 23.8 Å². The molecule has 1 aromatic carbocycles. The van der Waals surface area contributed by atoms with Gasteiger partial charge in [0.25, 0.3) is 10.1 Å². The average molecular weight is 314 g/mol. The van der Waals surface area contributed by atoms with Crippen molar-refractivity contribution in [3.05, 3.63) is 29.8 Å². The minimum Gasteiger partial charge on any atom is -0.352 e. The second-order valence-electron chi connectivity index (χ2n) is 5.70. The molecule has 0 N–H and O–H groups in total. The van der Waals surface area contributed by atoms with Crippen molar-refractivity contribution in [2.45, 2.75) is 32.0 Å². The van der Waals surface area contributed by atoms with Crippen LogP contribution >= 0.6 is 0 Å². The second kappa shape index (κ2) is 6.87. The zero-order chi connectivity index (χ0) is 15.5. The van der Waals surface area contributed by atoms with Gasteiger partial charge in [-0.2, -0.15) is 8.42 Å². The topological polar surface area (TPSA) is 61.8 Å². The molecule has 0 radical (unpaired) electrons. The van der Waals surface area contributed by atoms with Gasteiger partial charge in [-0.25, -0.2) is 0 Å². The van der Waals surface area contributed by atoms with Gasteiger partial charge in [0.15, 0.2) is 6.29 Å². The van der Waals surface area contributed by atoms with Crippen LogP contribution in [0.25, 0.3) is 0 Å². The molecule has 1 saturated heterocycles. The maximum atomic E-state index is 12.1. The fraction of sp³-hybridized carbons (Fsp3) is 0.600. The van der Waals surface area contributed by atoms with Gasteiger partial charge in [-0.05, 0) is 19.1 Å². The summed E-state index contributed by atoms with van der Waals surface area (Å²) in [6.45, 7) is 6.91. The van der Waals surface area contributed by atoms with Crippen LogP contribution in [0.3, 0.4) is 0 Å². The standard InChI is InChI=1S/C15H22O5S/c1-11(2)15-18-8-13(9-19-15)10-20-21(16,17)14-6-4-12(3)5-7-14/h4-7,11,13,15H,8-10H2,1-3H3. The molecule has 0 spiro atoms. The van der Waals surface area contributed by atoms with Gasteiger partial charge in [-0.3, -0.25) is 4.18 Å². The molecular formula is C15H22O5S. The molecule has 1 aromatic rings. The summed E-state index contributed by atoms with van der Waals surface area (Å²) >= 11 is 0. The van der Waals surface area contributed by atoms with Crippen LogP contribution in [-0.4, -0.2) is 34.5 Å². The first kappa shape index (κ1) is 16.4. The molecule has 2 rings (SSSR count). The van der Waals surface area contributed by atoms with Crippen LogP contribution in [0.2, 0.25) is 0 Å². The SMILES string of the molecule is Cc1ccc(S(=O)(=O)OCC2COC(C(C)C)OC2)cc1. The normalized spacial score (nSPS) is 23.4. The van der Waals surface area contributed by atoms with E-state index in [0.29, 0.717) is 13.2 Å². The fourth-order valence-corrected chi connectivity index (χ4v) is 2.98. The first-order valence-corrected chi connectivity index (χ1v) is 8.48. The third kappa shape index (κ3) is 4.51. The van der Waals surface area contributed by atoms with E-state index < -0.39 is 10.1 Å². The number of aryl methyl sites for hydroxylation is 1. The number of hydrogen-bond acceptors (Lipinski definition) is 5. The Kier molecular flexibility index (Phi) is 5.37. The van der Waals surface area contributed by atoms with E-state index in [-0.39, 0.29) is 29.6 Å². The Morgan fingerprint density at radius 2 is 1.76 bits per heavy atom. The summed E-state index contributed by atoms with van der Waals surface area (Å²) in [6, 6.07) is 6.59. The average Bonchev–Trinajstić information content (AvgIpc) is 2.46. The molecule has 0 saturated carbocycles. The van der Waals surface area contributed by atoms with Crippen LogP contribution in [0.5, 0.6) is 0 Å². The molecule has 6 heteroatoms. The van der Waals surface area contributed by atoms with Crippen molar-refractivity contribution in [3.8, 4) is 0 Å². The Balaban J connectivity index is 1.87. The van der Waals surface area contributed by atoms with E-state index in [1.807, 2.05) is 20.8 Å². The molecule has 0 amide bonds. The minimum absolute atomic E-state index is 0.0692. The van der Waals surface area contributed by atoms with Crippen molar-refractivity contribution in [3.63, 3.8) is 0 Å². The van der Waals surface area contributed by atoms with Gasteiger partial charge < -0.3 is 9.47 Å². The molecule has 118 valence electrons. The highest BCUT2D eigenvalue weighted by molar-refractivity contribution is 7.86. The van der Waals surface area contributed by atoms with E-state index in [0.717, 1.165) is 5.56 Å². The summed E-state index contributed by atoms with van der Waals surface area (Å²) in [5, 5.41) is 0. The Hall–Kier alpha value is -0.950. The predicted octanol–water partition coefficient (Wildman–Crippen LogP) is 2.35. The monoisotopic (exact) mass is 314 g/mol. The summed E-state index contributed by atoms with van der Waals surface area (Å²) in [4.78, 5) is 0.172. The second-order valence-corrected chi connectivity index (χ2v) is 7.31. The Labute approximate surface area is 126 Å². The number of ether oxygens (including phenoxy) is 2. The molecule has 0 atom stereocenters. The van der Waals surface area contributed by atoms with Crippen molar-refractivity contribution < 1.29 is 22.1 Å². The van der Waals surface area contributed by atoms with Gasteiger partial charge in [-0.15, -0.1) is 0 Å². The van der Waals surface area contributed by atoms with Gasteiger partial charge in [0.2, 0.25) is 0 Å². The smallest absolute Gasteiger partial charge is 0.296 e. The minimum atomic E-state index is -3.72. The van der Waals surface area contributed by atoms with Crippen molar-refractivity contribution in [1.29, 1.82) is 0 Å². The lowest BCUT2D eigenvalue weighted by molar-refractivity contribution is -0.222. The van der Waals surface area contributed by atoms with Crippen LogP contribution in [0.1, 0.15) is 19.4 Å². The highest BCUT2D eigenvalue weighted by Gasteiger charge is 2.26. The third-order valence-electron chi connectivity index (χ3n) is 3.31. The molecular weight excluding hydrogens is 292 g/mol. The summed E-state index contributed by atoms with van der Waals surface area (Å²) < 4.78 is 40.3. The van der Waals surface area contributed by atoms with Crippen LogP contribution in [0, 0.1) is 18.8 Å². The molecule has 0 unspecified atom stereocenters. The largest absolute Gasteiger partial charge is 0.352 e. The zero-order valence-electron chi connectivity index (χ0n) is 12.6. The summed E-state index contributed by atoms with van der Waals surface area (Å²) in [5.74, 6) is 0.211. The van der Waals surface area contributed by atoms with Crippen molar-refractivity contribution >= 4 is 10.1 Å². The van der Waals surface area contributed by atoms with Crippen molar-refractivity contribution in [1.82, 2.24) is 0 Å². The number of hydrogen-bond donors (Lipinski definition) is 0. The van der Waals surface area contributed by atoms with Crippen LogP contribution in [0.4, 0.5) is 0 Å². The molecule has 0 aliphatic carbocycles. The molecule has 1 fully saturated rings. The third-order valence-corrected chi connectivity index (χ3v) is 4.60. The Morgan fingerprint density at radius 1 is 1.19 bits per heavy atom. The number of rotatable bonds is 5. The van der Waals surface area contributed by atoms with E-state index >= 15 is 0 Å². The molecule has 1 aliphatic heterocycles. The maximum Gasteiger partial charge on any atom is 0.296 e. The predicted molar refractivity (Wildman–Crippen MR) is 78.3 cm³/mol. The van der Waals surface area contributed by atoms with E-state index in [9.17, 15) is 8.42 Å². The zero-order valence-corrected chi connectivity index (χ0v) is 13.4. The maximum absolute atomic E-state index is 12.1. The van der Waals surface area contributed by atoms with Crippen LogP contribution < -0.4 is 0 Å². The first-order valence-electron chi connectivity index (χ1n) is 7.08. The van der Waals surface area contributed by atoms with E-state index in [1.165, 1.54) is 0 Å². The molecule has 0 bridgehead atoms. The lowest BCUT2D eigenvalue weighted by Crippen LogP contribution is -2.37. The summed E-state index contributed by atoms with van der Waals surface area (Å²) in [5.41, 5.74) is 1.00. The first-order chi connectivity index (χ1) is 9.88.